The fourth-order valence-corrected chi connectivity index (χ4v) is 3.19. The van der Waals surface area contributed by atoms with Crippen LogP contribution in [-0.2, 0) is 0 Å². The van der Waals surface area contributed by atoms with Gasteiger partial charge in [-0.2, -0.15) is 9.97 Å². The van der Waals surface area contributed by atoms with Crippen molar-refractivity contribution in [2.75, 3.05) is 17.7 Å². The van der Waals surface area contributed by atoms with Gasteiger partial charge >= 0.3 is 0 Å². The number of aliphatic hydroxyl groups excluding tert-OH is 1. The van der Waals surface area contributed by atoms with Crippen molar-refractivity contribution >= 4 is 22.9 Å². The van der Waals surface area contributed by atoms with Crippen molar-refractivity contribution in [2.24, 2.45) is 5.92 Å². The van der Waals surface area contributed by atoms with Crippen molar-refractivity contribution in [3.05, 3.63) is 6.33 Å². The van der Waals surface area contributed by atoms with Crippen LogP contribution in [0.15, 0.2) is 6.33 Å². The highest BCUT2D eigenvalue weighted by Crippen LogP contribution is 2.36. The molecule has 112 valence electrons. The molecule has 2 aromatic heterocycles. The molecule has 0 spiro atoms. The topological polar surface area (TPSA) is 102 Å². The number of rotatable bonds is 4. The maximum absolute atomic E-state index is 9.31. The van der Waals surface area contributed by atoms with Crippen LogP contribution in [0.4, 0.5) is 11.8 Å². The van der Waals surface area contributed by atoms with E-state index in [9.17, 15) is 5.11 Å². The molecule has 0 saturated heterocycles. The number of aromatic nitrogens is 4. The molecular weight excluding hydrogens is 268 g/mol. The fourth-order valence-electron chi connectivity index (χ4n) is 3.19. The first-order valence-corrected chi connectivity index (χ1v) is 7.62. The molecule has 2 fully saturated rings. The van der Waals surface area contributed by atoms with Crippen LogP contribution in [0.5, 0.6) is 0 Å². The number of nitrogen functional groups attached to an aromatic ring is 1. The molecule has 0 bridgehead atoms. The van der Waals surface area contributed by atoms with Crippen molar-refractivity contribution in [3.8, 4) is 0 Å². The van der Waals surface area contributed by atoms with Crippen molar-refractivity contribution in [1.82, 2.24) is 19.5 Å². The highest BCUT2D eigenvalue weighted by molar-refractivity contribution is 5.84. The van der Waals surface area contributed by atoms with E-state index in [2.05, 4.69) is 24.8 Å². The standard InChI is InChI=1S/C14H20N6O/c15-14-18-12(17-9-2-3-9)11-13(19-14)20(7-16-11)10-4-1-8(5-10)6-21/h7-10,21H,1-6H2,(H3,15,17,18,19)/t8-,10?/m1/s1. The Balaban J connectivity index is 1.71. The minimum absolute atomic E-state index is 0.259. The number of aliphatic hydroxyl groups is 1. The molecule has 0 amide bonds. The predicted molar refractivity (Wildman–Crippen MR) is 79.8 cm³/mol. The summed E-state index contributed by atoms with van der Waals surface area (Å²) in [5.41, 5.74) is 7.45. The maximum Gasteiger partial charge on any atom is 0.224 e. The van der Waals surface area contributed by atoms with Crippen LogP contribution >= 0.6 is 0 Å². The van der Waals surface area contributed by atoms with E-state index < -0.39 is 0 Å². The Hall–Kier alpha value is -1.89. The van der Waals surface area contributed by atoms with Crippen molar-refractivity contribution < 1.29 is 5.11 Å². The zero-order valence-corrected chi connectivity index (χ0v) is 11.9. The van der Waals surface area contributed by atoms with Gasteiger partial charge in [-0.15, -0.1) is 0 Å². The second-order valence-corrected chi connectivity index (χ2v) is 6.19. The molecule has 21 heavy (non-hydrogen) atoms. The molecule has 2 aromatic rings. The quantitative estimate of drug-likeness (QED) is 0.784. The van der Waals surface area contributed by atoms with Crippen LogP contribution in [0.25, 0.3) is 11.2 Å². The number of hydrogen-bond acceptors (Lipinski definition) is 6. The van der Waals surface area contributed by atoms with Gasteiger partial charge in [0.2, 0.25) is 5.95 Å². The summed E-state index contributed by atoms with van der Waals surface area (Å²) in [4.78, 5) is 13.2. The van der Waals surface area contributed by atoms with Crippen molar-refractivity contribution in [3.63, 3.8) is 0 Å². The molecule has 7 heteroatoms. The molecule has 7 nitrogen and oxygen atoms in total. The summed E-state index contributed by atoms with van der Waals surface area (Å²) in [5.74, 6) is 1.41. The van der Waals surface area contributed by atoms with Gasteiger partial charge in [0.15, 0.2) is 17.0 Å². The molecule has 1 unspecified atom stereocenters. The second-order valence-electron chi connectivity index (χ2n) is 6.19. The predicted octanol–water partition coefficient (Wildman–Crippen LogP) is 1.32. The Kier molecular flexibility index (Phi) is 2.95. The van der Waals surface area contributed by atoms with E-state index in [-0.39, 0.29) is 12.6 Å². The highest BCUT2D eigenvalue weighted by Gasteiger charge is 2.28. The second kappa shape index (κ2) is 4.84. The van der Waals surface area contributed by atoms with Crippen LogP contribution in [0.3, 0.4) is 0 Å². The van der Waals surface area contributed by atoms with Gasteiger partial charge in [0, 0.05) is 18.7 Å². The Morgan fingerprint density at radius 3 is 2.86 bits per heavy atom. The Morgan fingerprint density at radius 1 is 1.29 bits per heavy atom. The first kappa shape index (κ1) is 12.8. The average Bonchev–Trinajstić information content (AvgIpc) is 3.01. The minimum Gasteiger partial charge on any atom is -0.396 e. The fraction of sp³-hybridized carbons (Fsp3) is 0.643. The van der Waals surface area contributed by atoms with Gasteiger partial charge in [0.25, 0.3) is 0 Å². The molecule has 0 aliphatic heterocycles. The first-order chi connectivity index (χ1) is 10.2. The van der Waals surface area contributed by atoms with Crippen molar-refractivity contribution in [1.29, 1.82) is 0 Å². The van der Waals surface area contributed by atoms with Gasteiger partial charge in [-0.05, 0) is 38.0 Å². The normalized spacial score (nSPS) is 25.6. The van der Waals surface area contributed by atoms with Gasteiger partial charge in [0.1, 0.15) is 0 Å². The summed E-state index contributed by atoms with van der Waals surface area (Å²) in [7, 11) is 0. The van der Waals surface area contributed by atoms with Crippen LogP contribution in [0.1, 0.15) is 38.1 Å². The third-order valence-corrected chi connectivity index (χ3v) is 4.52. The van der Waals surface area contributed by atoms with Gasteiger partial charge in [-0.3, -0.25) is 0 Å². The molecule has 2 aliphatic carbocycles. The summed E-state index contributed by atoms with van der Waals surface area (Å²) < 4.78 is 2.10. The number of nitrogens with two attached hydrogens (primary N) is 1. The van der Waals surface area contributed by atoms with E-state index >= 15 is 0 Å². The lowest BCUT2D eigenvalue weighted by molar-refractivity contribution is 0.226. The molecule has 2 heterocycles. The number of nitrogens with one attached hydrogen (secondary N) is 1. The summed E-state index contributed by atoms with van der Waals surface area (Å²) in [6.45, 7) is 0.259. The number of nitrogens with zero attached hydrogens (tertiary/aromatic N) is 4. The summed E-state index contributed by atoms with van der Waals surface area (Å²) >= 11 is 0. The smallest absolute Gasteiger partial charge is 0.224 e. The summed E-state index contributed by atoms with van der Waals surface area (Å²) in [6.07, 6.45) is 7.25. The van der Waals surface area contributed by atoms with E-state index in [1.807, 2.05) is 6.33 Å². The third kappa shape index (κ3) is 2.31. The Bertz CT molecular complexity index is 665. The number of fused-ring (bicyclic) bond motifs is 1. The van der Waals surface area contributed by atoms with Gasteiger partial charge < -0.3 is 20.7 Å². The highest BCUT2D eigenvalue weighted by atomic mass is 16.3. The van der Waals surface area contributed by atoms with E-state index in [1.54, 1.807) is 0 Å². The lowest BCUT2D eigenvalue weighted by Gasteiger charge is -2.13. The van der Waals surface area contributed by atoms with Gasteiger partial charge in [0.05, 0.1) is 6.33 Å². The molecule has 2 saturated carbocycles. The van der Waals surface area contributed by atoms with E-state index in [1.165, 1.54) is 12.8 Å². The van der Waals surface area contributed by atoms with Crippen LogP contribution in [0, 0.1) is 5.92 Å². The van der Waals surface area contributed by atoms with E-state index in [0.717, 1.165) is 36.2 Å². The van der Waals surface area contributed by atoms with E-state index in [0.29, 0.717) is 18.0 Å². The monoisotopic (exact) mass is 288 g/mol. The van der Waals surface area contributed by atoms with Crippen molar-refractivity contribution in [2.45, 2.75) is 44.2 Å². The largest absolute Gasteiger partial charge is 0.396 e. The zero-order chi connectivity index (χ0) is 14.4. The lowest BCUT2D eigenvalue weighted by atomic mass is 10.1. The third-order valence-electron chi connectivity index (χ3n) is 4.52. The van der Waals surface area contributed by atoms with Gasteiger partial charge in [-0.25, -0.2) is 4.98 Å². The Labute approximate surface area is 122 Å². The zero-order valence-electron chi connectivity index (χ0n) is 11.9. The summed E-state index contributed by atoms with van der Waals surface area (Å²) in [6, 6.07) is 0.841. The van der Waals surface area contributed by atoms with Crippen LogP contribution in [0.2, 0.25) is 0 Å². The number of anilines is 2. The summed E-state index contributed by atoms with van der Waals surface area (Å²) in [5, 5.41) is 12.7. The maximum atomic E-state index is 9.31. The molecule has 4 rings (SSSR count). The SMILES string of the molecule is Nc1nc(NC2CC2)c2ncn(C3CC[C@@H](CO)C3)c2n1. The lowest BCUT2D eigenvalue weighted by Crippen LogP contribution is -2.10. The molecule has 2 atom stereocenters. The molecule has 2 aliphatic rings. The molecule has 0 radical (unpaired) electrons. The average molecular weight is 288 g/mol. The minimum atomic E-state index is 0.259. The number of hydrogen-bond donors (Lipinski definition) is 3. The van der Waals surface area contributed by atoms with Gasteiger partial charge in [-0.1, -0.05) is 0 Å². The Morgan fingerprint density at radius 2 is 2.14 bits per heavy atom. The van der Waals surface area contributed by atoms with E-state index in [4.69, 9.17) is 5.73 Å². The number of imidazole rings is 1. The first-order valence-electron chi connectivity index (χ1n) is 7.62. The van der Waals surface area contributed by atoms with Crippen LogP contribution in [-0.4, -0.2) is 37.3 Å². The molecule has 4 N–H and O–H groups in total. The molecule has 0 aromatic carbocycles. The van der Waals surface area contributed by atoms with Crippen LogP contribution < -0.4 is 11.1 Å². The molecular formula is C14H20N6O.